The van der Waals surface area contributed by atoms with Gasteiger partial charge in [-0.3, -0.25) is 0 Å². The quantitative estimate of drug-likeness (QED) is 0.358. The van der Waals surface area contributed by atoms with E-state index in [4.69, 9.17) is 8.42 Å². The van der Waals surface area contributed by atoms with Crippen LogP contribution in [0.1, 0.15) is 0 Å². The first-order chi connectivity index (χ1) is 1.73. The van der Waals surface area contributed by atoms with Crippen LogP contribution in [0.4, 0.5) is 3.89 Å². The summed E-state index contributed by atoms with van der Waals surface area (Å²) in [4.78, 5) is 0. The fourth-order valence-electron chi connectivity index (χ4n) is 0. The first-order valence-electron chi connectivity index (χ1n) is 0.534. The lowest BCUT2D eigenvalue weighted by Gasteiger charge is -1.36. The number of thiol groups is 1. The molecule has 0 saturated carbocycles. The molecule has 0 rings (SSSR count). The Morgan fingerprint density at radius 2 is 1.40 bits per heavy atom. The van der Waals surface area contributed by atoms with E-state index < -0.39 is 11.1 Å². The Morgan fingerprint density at radius 3 is 1.40 bits per heavy atom. The van der Waals surface area contributed by atoms with Crippen molar-refractivity contribution in [2.24, 2.45) is 0 Å². The van der Waals surface area contributed by atoms with Gasteiger partial charge in [0.25, 0.3) is 11.1 Å². The average molecular weight is 121 g/mol. The highest BCUT2D eigenvalue weighted by Crippen LogP contribution is 1.49. The molecule has 0 aliphatic carbocycles. The van der Waals surface area contributed by atoms with Crippen LogP contribution in [0.2, 0.25) is 0 Å². The number of hydrogen-bond acceptors (Lipinski definition) is 2. The molecule has 5 heteroatoms. The van der Waals surface area contributed by atoms with E-state index >= 15 is 0 Å². The van der Waals surface area contributed by atoms with Crippen molar-refractivity contribution in [1.29, 1.82) is 0 Å². The molecule has 0 amide bonds. The Morgan fingerprint density at radius 1 is 1.40 bits per heavy atom. The summed E-state index contributed by atoms with van der Waals surface area (Å²) in [5.41, 5.74) is 0. The highest BCUT2D eigenvalue weighted by molar-refractivity contribution is 7.66. The molecule has 34 valence electrons. The molecule has 0 saturated heterocycles. The maximum Gasteiger partial charge on any atom is 0.292 e. The highest BCUT2D eigenvalue weighted by atomic mass is 35.5. The van der Waals surface area contributed by atoms with E-state index in [9.17, 15) is 3.89 Å². The Hall–Kier alpha value is 0.170. The molecule has 0 fully saturated rings. The van der Waals surface area contributed by atoms with Crippen molar-refractivity contribution in [3.63, 3.8) is 0 Å². The third-order valence-corrected chi connectivity index (χ3v) is 0. The van der Waals surface area contributed by atoms with Gasteiger partial charge in [-0.15, -0.1) is 16.3 Å². The molecule has 0 aromatic heterocycles. The molecular weight excluding hydrogens is 119 g/mol. The van der Waals surface area contributed by atoms with E-state index in [1.54, 1.807) is 0 Å². The molecule has 0 bridgehead atoms. The van der Waals surface area contributed by atoms with Gasteiger partial charge in [-0.25, -0.2) is 0 Å². The van der Waals surface area contributed by atoms with Crippen LogP contribution >= 0.6 is 12.4 Å². The number of hydrogen-bond donors (Lipinski definition) is 1. The molecule has 0 aromatic rings. The molecule has 0 atom stereocenters. The first-order valence-corrected chi connectivity index (χ1v) is 1.60. The largest absolute Gasteiger partial charge is 0.292 e. The van der Waals surface area contributed by atoms with Gasteiger partial charge in [0.15, 0.2) is 0 Å². The third kappa shape index (κ3) is 679. The lowest BCUT2D eigenvalue weighted by atomic mass is 15.9. The third-order valence-electron chi connectivity index (χ3n) is 0. The van der Waals surface area contributed by atoms with Gasteiger partial charge in [-0.1, -0.05) is 0 Å². The molecule has 5 heavy (non-hydrogen) atoms. The van der Waals surface area contributed by atoms with Gasteiger partial charge < -0.3 is 0 Å². The van der Waals surface area contributed by atoms with E-state index in [-0.39, 0.29) is 12.4 Å². The van der Waals surface area contributed by atoms with Crippen molar-refractivity contribution in [3.05, 3.63) is 0 Å². The van der Waals surface area contributed by atoms with E-state index in [1.807, 2.05) is 0 Å². The monoisotopic (exact) mass is 120 g/mol. The molecule has 0 N–H and O–H groups in total. The number of halogens is 2. The summed E-state index contributed by atoms with van der Waals surface area (Å²) in [7, 11) is 0. The maximum atomic E-state index is 9.95. The van der Waals surface area contributed by atoms with Crippen molar-refractivity contribution in [1.82, 2.24) is 0 Å². The van der Waals surface area contributed by atoms with Crippen LogP contribution in [-0.2, 0) is 11.1 Å². The van der Waals surface area contributed by atoms with Gasteiger partial charge in [0.2, 0.25) is 0 Å². The zero-order valence-corrected chi connectivity index (χ0v) is 3.76. The van der Waals surface area contributed by atoms with E-state index in [0.29, 0.717) is 0 Å². The number of rotatable bonds is 0. The fourth-order valence-corrected chi connectivity index (χ4v) is 0. The van der Waals surface area contributed by atoms with Crippen LogP contribution in [-0.4, -0.2) is 8.42 Å². The van der Waals surface area contributed by atoms with Gasteiger partial charge in [0.05, 0.1) is 0 Å². The molecule has 0 aromatic carbocycles. The Kier molecular flexibility index (Phi) is 7.46. The molecule has 0 radical (unpaired) electrons. The predicted molar refractivity (Wildman–Crippen MR) is 18.7 cm³/mol. The van der Waals surface area contributed by atoms with Crippen LogP contribution < -0.4 is 0 Å². The topological polar surface area (TPSA) is 34.1 Å². The SMILES string of the molecule is Cl.O=[SH](=O)F. The van der Waals surface area contributed by atoms with Crippen LogP contribution in [0.3, 0.4) is 0 Å². The second kappa shape index (κ2) is 4.17. The summed E-state index contributed by atoms with van der Waals surface area (Å²) >= 11 is -3.62. The molecular formula is H2ClFO2S. The standard InChI is InChI=1S/ClH.FHO2S/c;1-4(2)3/h1H;4H. The Labute approximate surface area is 36.6 Å². The van der Waals surface area contributed by atoms with Gasteiger partial charge in [0.1, 0.15) is 0 Å². The molecule has 0 heterocycles. The summed E-state index contributed by atoms with van der Waals surface area (Å²) in [6.07, 6.45) is 0. The average Bonchev–Trinajstić information content (AvgIpc) is 0.811. The molecule has 2 nitrogen and oxygen atoms in total. The normalized spacial score (nSPS) is 6.80. The Balaban J connectivity index is 0. The lowest BCUT2D eigenvalue weighted by Crippen LogP contribution is -1.44. The highest BCUT2D eigenvalue weighted by Gasteiger charge is 1.50. The van der Waals surface area contributed by atoms with E-state index in [2.05, 4.69) is 0 Å². The van der Waals surface area contributed by atoms with Crippen molar-refractivity contribution in [3.8, 4) is 0 Å². The molecule has 0 aliphatic heterocycles. The summed E-state index contributed by atoms with van der Waals surface area (Å²) in [6, 6.07) is 0. The van der Waals surface area contributed by atoms with Crippen LogP contribution in [0.25, 0.3) is 0 Å². The second-order valence-electron chi connectivity index (χ2n) is 0.213. The molecule has 0 unspecified atom stereocenters. The smallest absolute Gasteiger partial charge is 0.198 e. The van der Waals surface area contributed by atoms with Crippen LogP contribution in [0.15, 0.2) is 0 Å². The van der Waals surface area contributed by atoms with E-state index in [0.717, 1.165) is 0 Å². The van der Waals surface area contributed by atoms with Gasteiger partial charge in [-0.2, -0.15) is 8.42 Å². The summed E-state index contributed by atoms with van der Waals surface area (Å²) in [6.45, 7) is 0. The van der Waals surface area contributed by atoms with Gasteiger partial charge in [0, 0.05) is 0 Å². The fraction of sp³-hybridized carbons (Fsp3) is 0. The summed E-state index contributed by atoms with van der Waals surface area (Å²) < 4.78 is 26.7. The summed E-state index contributed by atoms with van der Waals surface area (Å²) in [5.74, 6) is 0. The minimum Gasteiger partial charge on any atom is -0.198 e. The van der Waals surface area contributed by atoms with Crippen LogP contribution in [0, 0.1) is 0 Å². The van der Waals surface area contributed by atoms with E-state index in [1.165, 1.54) is 0 Å². The van der Waals surface area contributed by atoms with Crippen LogP contribution in [0.5, 0.6) is 0 Å². The van der Waals surface area contributed by atoms with Crippen molar-refractivity contribution < 1.29 is 12.3 Å². The summed E-state index contributed by atoms with van der Waals surface area (Å²) in [5, 5.41) is 0. The second-order valence-corrected chi connectivity index (χ2v) is 0.638. The van der Waals surface area contributed by atoms with Crippen molar-refractivity contribution in [2.75, 3.05) is 0 Å². The maximum absolute atomic E-state index is 9.95. The lowest BCUT2D eigenvalue weighted by molar-refractivity contribution is 0.576. The van der Waals surface area contributed by atoms with Crippen molar-refractivity contribution >= 4 is 23.5 Å². The zero-order chi connectivity index (χ0) is 3.58. The predicted octanol–water partition coefficient (Wildman–Crippen LogP) is -0.0959. The zero-order valence-electron chi connectivity index (χ0n) is 2.05. The minimum atomic E-state index is -3.62. The van der Waals surface area contributed by atoms with Gasteiger partial charge >= 0.3 is 0 Å². The molecule has 0 spiro atoms. The first kappa shape index (κ1) is 8.95. The van der Waals surface area contributed by atoms with Crippen molar-refractivity contribution in [2.45, 2.75) is 0 Å². The van der Waals surface area contributed by atoms with Gasteiger partial charge in [-0.05, 0) is 0 Å². The Bertz CT molecular complexity index is 58.0. The molecule has 0 aliphatic rings. The minimum absolute atomic E-state index is 0.